The van der Waals surface area contributed by atoms with Gasteiger partial charge in [0.15, 0.2) is 0 Å². The van der Waals surface area contributed by atoms with Crippen molar-refractivity contribution in [1.29, 1.82) is 5.41 Å². The van der Waals surface area contributed by atoms with Crippen LogP contribution in [0.1, 0.15) is 0 Å². The maximum Gasteiger partial charge on any atom is 0.227 e. The summed E-state index contributed by atoms with van der Waals surface area (Å²) in [4.78, 5) is 4.22. The smallest absolute Gasteiger partial charge is 0.227 e. The lowest BCUT2D eigenvalue weighted by atomic mass is 10.2. The molecule has 16 heavy (non-hydrogen) atoms. The summed E-state index contributed by atoms with van der Waals surface area (Å²) in [7, 11) is 0. The van der Waals surface area contributed by atoms with Crippen molar-refractivity contribution in [2.75, 3.05) is 5.73 Å². The number of benzene rings is 1. The molecule has 0 saturated heterocycles. The van der Waals surface area contributed by atoms with Crippen LogP contribution in [-0.2, 0) is 0 Å². The van der Waals surface area contributed by atoms with Crippen LogP contribution in [0.25, 0.3) is 24.1 Å². The van der Waals surface area contributed by atoms with Crippen LogP contribution < -0.4 is 16.5 Å². The van der Waals surface area contributed by atoms with Gasteiger partial charge in [0.1, 0.15) is 10.8 Å². The molecule has 0 fully saturated rings. The molecule has 0 unspecified atom stereocenters. The van der Waals surface area contributed by atoms with Crippen molar-refractivity contribution in [3.05, 3.63) is 35.0 Å². The standard InChI is InChI=1S/C12H11N3O/c1-8-11(5-6-13)15-12(16-8)9-3-2-4-10(14)7-9/h2-7,13H,1,14H2/b11-5+,13-6?. The number of hydrogen-bond donors (Lipinski definition) is 2. The average molecular weight is 213 g/mol. The highest BCUT2D eigenvalue weighted by molar-refractivity contribution is 5.88. The molecule has 0 aliphatic carbocycles. The number of nitrogen functional groups attached to an aromatic ring is 1. The molecule has 1 heterocycles. The maximum absolute atomic E-state index is 6.97. The predicted octanol–water partition coefficient (Wildman–Crippen LogP) is 0.764. The molecule has 0 spiro atoms. The Labute approximate surface area is 92.2 Å². The number of rotatable bonds is 2. The first kappa shape index (κ1) is 10.2. The highest BCUT2D eigenvalue weighted by Crippen LogP contribution is 2.16. The summed E-state index contributed by atoms with van der Waals surface area (Å²) in [6.07, 6.45) is 2.68. The molecule has 0 amide bonds. The number of nitrogens with two attached hydrogens (primary N) is 1. The Hall–Kier alpha value is -2.36. The molecule has 3 N–H and O–H groups in total. The molecule has 0 bridgehead atoms. The molecule has 2 rings (SSSR count). The zero-order valence-electron chi connectivity index (χ0n) is 8.60. The van der Waals surface area contributed by atoms with E-state index in [-0.39, 0.29) is 0 Å². The Morgan fingerprint density at radius 3 is 2.94 bits per heavy atom. The van der Waals surface area contributed by atoms with Gasteiger partial charge in [-0.05, 0) is 24.3 Å². The van der Waals surface area contributed by atoms with Gasteiger partial charge >= 0.3 is 0 Å². The summed E-state index contributed by atoms with van der Waals surface area (Å²) in [5.41, 5.74) is 7.57. The highest BCUT2D eigenvalue weighted by atomic mass is 16.3. The molecular formula is C12H11N3O. The normalized spacial score (nSPS) is 11.6. The van der Waals surface area contributed by atoms with E-state index in [0.717, 1.165) is 11.8 Å². The van der Waals surface area contributed by atoms with E-state index in [9.17, 15) is 0 Å². The van der Waals surface area contributed by atoms with E-state index >= 15 is 0 Å². The van der Waals surface area contributed by atoms with Crippen LogP contribution in [0.5, 0.6) is 0 Å². The Bertz CT molecular complexity index is 628. The van der Waals surface area contributed by atoms with E-state index in [4.69, 9.17) is 15.6 Å². The summed E-state index contributed by atoms with van der Waals surface area (Å²) in [5.74, 6) is 0.463. The second-order valence-corrected chi connectivity index (χ2v) is 3.29. The number of nitrogens with zero attached hydrogens (tertiary/aromatic N) is 1. The van der Waals surface area contributed by atoms with E-state index in [1.165, 1.54) is 6.08 Å². The third kappa shape index (κ3) is 1.86. The lowest BCUT2D eigenvalue weighted by Gasteiger charge is -1.95. The molecule has 80 valence electrons. The molecule has 0 aliphatic rings. The lowest BCUT2D eigenvalue weighted by molar-refractivity contribution is 0.542. The van der Waals surface area contributed by atoms with Crippen molar-refractivity contribution in [2.24, 2.45) is 0 Å². The van der Waals surface area contributed by atoms with Crippen molar-refractivity contribution >= 4 is 24.6 Å². The molecule has 1 aromatic carbocycles. The fraction of sp³-hybridized carbons (Fsp3) is 0. The second kappa shape index (κ2) is 4.02. The van der Waals surface area contributed by atoms with Gasteiger partial charge in [0.2, 0.25) is 5.89 Å². The topological polar surface area (TPSA) is 75.9 Å². The van der Waals surface area contributed by atoms with Crippen molar-refractivity contribution in [3.8, 4) is 11.5 Å². The second-order valence-electron chi connectivity index (χ2n) is 3.29. The van der Waals surface area contributed by atoms with Crippen molar-refractivity contribution in [3.63, 3.8) is 0 Å². The SMILES string of the molecule is C=c1oc(-c2cccc(N)c2)n/c1=C/C=N. The van der Waals surface area contributed by atoms with Gasteiger partial charge in [-0.3, -0.25) is 0 Å². The molecule has 0 radical (unpaired) electrons. The number of nitrogens with one attached hydrogen (secondary N) is 1. The first-order chi connectivity index (χ1) is 7.70. The van der Waals surface area contributed by atoms with Crippen LogP contribution >= 0.6 is 0 Å². The number of aromatic nitrogens is 1. The summed E-state index contributed by atoms with van der Waals surface area (Å²) in [6.45, 7) is 3.71. The van der Waals surface area contributed by atoms with Crippen molar-refractivity contribution < 1.29 is 4.42 Å². The molecule has 0 aliphatic heterocycles. The molecule has 2 aromatic rings. The lowest BCUT2D eigenvalue weighted by Crippen LogP contribution is -2.20. The first-order valence-electron chi connectivity index (χ1n) is 4.73. The summed E-state index contributed by atoms with van der Waals surface area (Å²) < 4.78 is 5.40. The van der Waals surface area contributed by atoms with E-state index in [1.807, 2.05) is 12.1 Å². The van der Waals surface area contributed by atoms with Gasteiger partial charge in [-0.1, -0.05) is 12.6 Å². The fourth-order valence-corrected chi connectivity index (χ4v) is 1.37. The van der Waals surface area contributed by atoms with E-state index < -0.39 is 0 Å². The van der Waals surface area contributed by atoms with E-state index in [2.05, 4.69) is 11.6 Å². The van der Waals surface area contributed by atoms with Gasteiger partial charge in [-0.25, -0.2) is 4.98 Å². The molecular weight excluding hydrogens is 202 g/mol. The number of anilines is 1. The van der Waals surface area contributed by atoms with Crippen LogP contribution in [0.4, 0.5) is 5.69 Å². The molecule has 4 nitrogen and oxygen atoms in total. The van der Waals surface area contributed by atoms with Crippen LogP contribution in [-0.4, -0.2) is 11.2 Å². The van der Waals surface area contributed by atoms with E-state index in [1.54, 1.807) is 12.1 Å². The van der Waals surface area contributed by atoms with Crippen LogP contribution in [0.2, 0.25) is 0 Å². The zero-order chi connectivity index (χ0) is 11.5. The van der Waals surface area contributed by atoms with Gasteiger partial charge in [-0.15, -0.1) is 0 Å². The quantitative estimate of drug-likeness (QED) is 0.571. The Morgan fingerprint density at radius 2 is 2.25 bits per heavy atom. The van der Waals surface area contributed by atoms with Crippen molar-refractivity contribution in [1.82, 2.24) is 4.98 Å². The van der Waals surface area contributed by atoms with Gasteiger partial charge < -0.3 is 15.6 Å². The van der Waals surface area contributed by atoms with Crippen LogP contribution in [0, 0.1) is 5.41 Å². The number of hydrogen-bond acceptors (Lipinski definition) is 4. The molecule has 0 saturated carbocycles. The summed E-state index contributed by atoms with van der Waals surface area (Å²) in [5, 5.41) is 7.54. The largest absolute Gasteiger partial charge is 0.437 e. The fourth-order valence-electron chi connectivity index (χ4n) is 1.37. The zero-order valence-corrected chi connectivity index (χ0v) is 8.60. The Morgan fingerprint density at radius 1 is 1.44 bits per heavy atom. The van der Waals surface area contributed by atoms with Crippen LogP contribution in [0.3, 0.4) is 0 Å². The van der Waals surface area contributed by atoms with Gasteiger partial charge in [0, 0.05) is 17.5 Å². The first-order valence-corrected chi connectivity index (χ1v) is 4.73. The number of oxazole rings is 1. The monoisotopic (exact) mass is 213 g/mol. The van der Waals surface area contributed by atoms with Crippen LogP contribution in [0.15, 0.2) is 28.7 Å². The Balaban J connectivity index is 2.58. The maximum atomic E-state index is 6.97. The molecule has 4 heteroatoms. The summed E-state index contributed by atoms with van der Waals surface area (Å²) in [6, 6.07) is 7.26. The Kier molecular flexibility index (Phi) is 2.55. The predicted molar refractivity (Wildman–Crippen MR) is 64.4 cm³/mol. The van der Waals surface area contributed by atoms with Crippen molar-refractivity contribution in [2.45, 2.75) is 0 Å². The minimum Gasteiger partial charge on any atom is -0.437 e. The average Bonchev–Trinajstić information content (AvgIpc) is 2.61. The van der Waals surface area contributed by atoms with Gasteiger partial charge in [0.25, 0.3) is 0 Å². The molecule has 1 aromatic heterocycles. The third-order valence-electron chi connectivity index (χ3n) is 2.10. The minimum atomic E-state index is 0.445. The van der Waals surface area contributed by atoms with Gasteiger partial charge in [0.05, 0.1) is 0 Å². The third-order valence-corrected chi connectivity index (χ3v) is 2.10. The van der Waals surface area contributed by atoms with E-state index in [0.29, 0.717) is 22.3 Å². The van der Waals surface area contributed by atoms with Gasteiger partial charge in [-0.2, -0.15) is 0 Å². The molecule has 0 atom stereocenters. The minimum absolute atomic E-state index is 0.445. The highest BCUT2D eigenvalue weighted by Gasteiger charge is 2.04. The summed E-state index contributed by atoms with van der Waals surface area (Å²) >= 11 is 0.